The van der Waals surface area contributed by atoms with Gasteiger partial charge in [0.05, 0.1) is 22.2 Å². The Bertz CT molecular complexity index is 1250. The summed E-state index contributed by atoms with van der Waals surface area (Å²) in [5.41, 5.74) is 1.30. The lowest BCUT2D eigenvalue weighted by molar-refractivity contribution is -0.124. The van der Waals surface area contributed by atoms with Gasteiger partial charge >= 0.3 is 5.97 Å². The van der Waals surface area contributed by atoms with Crippen LogP contribution in [-0.4, -0.2) is 33.9 Å². The minimum atomic E-state index is -3.95. The molecular formula is C24H23ClN2O5S. The number of nitrogens with one attached hydrogen (secondary N) is 1. The average Bonchev–Trinajstić information content (AvgIpc) is 2.82. The predicted molar refractivity (Wildman–Crippen MR) is 127 cm³/mol. The topological polar surface area (TPSA) is 92.8 Å². The van der Waals surface area contributed by atoms with Crippen LogP contribution in [0.2, 0.25) is 5.02 Å². The molecule has 0 aliphatic rings. The molecule has 0 fully saturated rings. The van der Waals surface area contributed by atoms with Crippen LogP contribution in [0.4, 0.5) is 5.69 Å². The number of halogens is 1. The van der Waals surface area contributed by atoms with E-state index in [1.54, 1.807) is 18.2 Å². The van der Waals surface area contributed by atoms with Crippen LogP contribution in [0.1, 0.15) is 28.9 Å². The molecule has 0 spiro atoms. The number of anilines is 1. The Hall–Kier alpha value is -3.36. The maximum Gasteiger partial charge on any atom is 0.338 e. The van der Waals surface area contributed by atoms with Gasteiger partial charge in [-0.05, 0) is 48.9 Å². The van der Waals surface area contributed by atoms with E-state index < -0.39 is 28.5 Å². The summed E-state index contributed by atoms with van der Waals surface area (Å²) in [6.45, 7) is 1.33. The number of carbonyl (C=O) groups is 2. The maximum absolute atomic E-state index is 13.0. The summed E-state index contributed by atoms with van der Waals surface area (Å²) in [7, 11) is -2.56. The van der Waals surface area contributed by atoms with E-state index >= 15 is 0 Å². The van der Waals surface area contributed by atoms with Gasteiger partial charge in [0.2, 0.25) is 0 Å². The molecule has 0 unspecified atom stereocenters. The monoisotopic (exact) mass is 486 g/mol. The van der Waals surface area contributed by atoms with Crippen LogP contribution in [0, 0.1) is 0 Å². The Kier molecular flexibility index (Phi) is 7.73. The van der Waals surface area contributed by atoms with Crippen molar-refractivity contribution >= 4 is 39.2 Å². The van der Waals surface area contributed by atoms with Crippen molar-refractivity contribution in [1.82, 2.24) is 5.32 Å². The molecule has 7 nitrogen and oxygen atoms in total. The fraction of sp³-hybridized carbons (Fsp3) is 0.167. The molecule has 1 amide bonds. The summed E-state index contributed by atoms with van der Waals surface area (Å²) < 4.78 is 32.2. The third-order valence-electron chi connectivity index (χ3n) is 4.91. The Morgan fingerprint density at radius 3 is 2.39 bits per heavy atom. The van der Waals surface area contributed by atoms with E-state index in [1.165, 1.54) is 37.4 Å². The highest BCUT2D eigenvalue weighted by Crippen LogP contribution is 2.25. The standard InChI is InChI=1S/C24H23ClN2O5S/c1-17(18-8-4-3-5-9-18)26-23(28)16-32-24(29)19-10-6-13-22(14-19)33(30,31)27(2)21-12-7-11-20(25)15-21/h3-15,17H,16H2,1-2H3,(H,26,28)/t17-/m0/s1. The minimum Gasteiger partial charge on any atom is -0.452 e. The van der Waals surface area contributed by atoms with Gasteiger partial charge < -0.3 is 10.1 Å². The van der Waals surface area contributed by atoms with Crippen LogP contribution in [0.15, 0.2) is 83.8 Å². The molecule has 1 atom stereocenters. The molecule has 33 heavy (non-hydrogen) atoms. The Balaban J connectivity index is 1.66. The summed E-state index contributed by atoms with van der Waals surface area (Å²) in [5, 5.41) is 3.14. The van der Waals surface area contributed by atoms with Crippen molar-refractivity contribution in [2.75, 3.05) is 18.0 Å². The molecule has 3 aromatic rings. The van der Waals surface area contributed by atoms with E-state index in [2.05, 4.69) is 5.32 Å². The Labute approximate surface area is 198 Å². The molecule has 3 aromatic carbocycles. The first-order valence-corrected chi connectivity index (χ1v) is 11.9. The van der Waals surface area contributed by atoms with Crippen LogP contribution < -0.4 is 9.62 Å². The predicted octanol–water partition coefficient (Wildman–Crippen LogP) is 4.20. The van der Waals surface area contributed by atoms with Crippen LogP contribution in [0.25, 0.3) is 0 Å². The van der Waals surface area contributed by atoms with Crippen molar-refractivity contribution in [2.45, 2.75) is 17.9 Å². The molecule has 172 valence electrons. The second-order valence-electron chi connectivity index (χ2n) is 7.26. The second-order valence-corrected chi connectivity index (χ2v) is 9.66. The number of benzene rings is 3. The number of amides is 1. The second kappa shape index (κ2) is 10.5. The fourth-order valence-corrected chi connectivity index (χ4v) is 4.49. The van der Waals surface area contributed by atoms with Gasteiger partial charge in [0.25, 0.3) is 15.9 Å². The van der Waals surface area contributed by atoms with Gasteiger partial charge in [-0.25, -0.2) is 13.2 Å². The van der Waals surface area contributed by atoms with Gasteiger partial charge in [-0.2, -0.15) is 0 Å². The van der Waals surface area contributed by atoms with Crippen LogP contribution in [-0.2, 0) is 19.6 Å². The van der Waals surface area contributed by atoms with E-state index in [0.29, 0.717) is 10.7 Å². The molecule has 0 aromatic heterocycles. The quantitative estimate of drug-likeness (QED) is 0.482. The first-order valence-electron chi connectivity index (χ1n) is 10.0. The lowest BCUT2D eigenvalue weighted by Gasteiger charge is -2.20. The van der Waals surface area contributed by atoms with Crippen molar-refractivity contribution < 1.29 is 22.7 Å². The highest BCUT2D eigenvalue weighted by Gasteiger charge is 2.23. The van der Waals surface area contributed by atoms with Crippen LogP contribution in [0.5, 0.6) is 0 Å². The zero-order chi connectivity index (χ0) is 24.0. The lowest BCUT2D eigenvalue weighted by Crippen LogP contribution is -2.31. The first-order chi connectivity index (χ1) is 15.7. The Morgan fingerprint density at radius 2 is 1.70 bits per heavy atom. The van der Waals surface area contributed by atoms with Crippen LogP contribution in [0.3, 0.4) is 0 Å². The van der Waals surface area contributed by atoms with E-state index in [1.807, 2.05) is 37.3 Å². The van der Waals surface area contributed by atoms with Crippen molar-refractivity contribution in [3.8, 4) is 0 Å². The van der Waals surface area contributed by atoms with Gasteiger partial charge in [-0.1, -0.05) is 54.1 Å². The van der Waals surface area contributed by atoms with Gasteiger partial charge in [0.15, 0.2) is 6.61 Å². The van der Waals surface area contributed by atoms with Gasteiger partial charge in [-0.3, -0.25) is 9.10 Å². The summed E-state index contributed by atoms with van der Waals surface area (Å²) in [4.78, 5) is 24.5. The number of hydrogen-bond donors (Lipinski definition) is 1. The molecule has 3 rings (SSSR count). The molecule has 0 saturated heterocycles. The van der Waals surface area contributed by atoms with E-state index in [4.69, 9.17) is 16.3 Å². The van der Waals surface area contributed by atoms with E-state index in [0.717, 1.165) is 9.87 Å². The highest BCUT2D eigenvalue weighted by molar-refractivity contribution is 7.92. The Morgan fingerprint density at radius 1 is 1.00 bits per heavy atom. The summed E-state index contributed by atoms with van der Waals surface area (Å²) in [5.74, 6) is -1.27. The third-order valence-corrected chi connectivity index (χ3v) is 6.93. The number of esters is 1. The molecule has 9 heteroatoms. The largest absolute Gasteiger partial charge is 0.452 e. The molecule has 0 bridgehead atoms. The molecule has 0 heterocycles. The number of nitrogens with zero attached hydrogens (tertiary/aromatic N) is 1. The van der Waals surface area contributed by atoms with Gasteiger partial charge in [0.1, 0.15) is 0 Å². The van der Waals surface area contributed by atoms with Crippen molar-refractivity contribution in [1.29, 1.82) is 0 Å². The summed E-state index contributed by atoms with van der Waals surface area (Å²) in [6, 6.07) is 21.0. The van der Waals surface area contributed by atoms with Crippen molar-refractivity contribution in [2.24, 2.45) is 0 Å². The molecule has 0 aliphatic carbocycles. The lowest BCUT2D eigenvalue weighted by atomic mass is 10.1. The zero-order valence-electron chi connectivity index (χ0n) is 18.1. The smallest absolute Gasteiger partial charge is 0.338 e. The number of hydrogen-bond acceptors (Lipinski definition) is 5. The molecule has 0 saturated carbocycles. The highest BCUT2D eigenvalue weighted by atomic mass is 35.5. The van der Waals surface area contributed by atoms with Crippen LogP contribution >= 0.6 is 11.6 Å². The molecule has 1 N–H and O–H groups in total. The normalized spacial score (nSPS) is 12.0. The first kappa shape index (κ1) is 24.3. The molecule has 0 radical (unpaired) electrons. The molecular weight excluding hydrogens is 464 g/mol. The van der Waals surface area contributed by atoms with Crippen molar-refractivity contribution in [3.63, 3.8) is 0 Å². The van der Waals surface area contributed by atoms with E-state index in [9.17, 15) is 18.0 Å². The number of ether oxygens (including phenoxy) is 1. The molecule has 0 aliphatic heterocycles. The SMILES string of the molecule is C[C@H](NC(=O)COC(=O)c1cccc(S(=O)(=O)N(C)c2cccc(Cl)c2)c1)c1ccccc1. The average molecular weight is 487 g/mol. The van der Waals surface area contributed by atoms with Gasteiger partial charge in [0, 0.05) is 12.1 Å². The maximum atomic E-state index is 13.0. The zero-order valence-corrected chi connectivity index (χ0v) is 19.6. The number of sulfonamides is 1. The minimum absolute atomic E-state index is 0.0134. The number of rotatable bonds is 8. The number of carbonyl (C=O) groups excluding carboxylic acids is 2. The van der Waals surface area contributed by atoms with Crippen molar-refractivity contribution in [3.05, 3.63) is 95.0 Å². The fourth-order valence-electron chi connectivity index (χ4n) is 3.08. The van der Waals surface area contributed by atoms with E-state index in [-0.39, 0.29) is 16.5 Å². The summed E-state index contributed by atoms with van der Waals surface area (Å²) in [6.07, 6.45) is 0. The summed E-state index contributed by atoms with van der Waals surface area (Å²) >= 11 is 5.96. The van der Waals surface area contributed by atoms with Gasteiger partial charge in [-0.15, -0.1) is 0 Å². The third kappa shape index (κ3) is 6.12.